The average Bonchev–Trinajstić information content (AvgIpc) is 3.03. The van der Waals surface area contributed by atoms with E-state index in [1.807, 2.05) is 36.2 Å². The second-order valence-corrected chi connectivity index (χ2v) is 7.30. The number of para-hydroxylation sites is 1. The number of methoxy groups -OCH3 is 1. The molecule has 6 heteroatoms. The zero-order valence-electron chi connectivity index (χ0n) is 15.8. The molecule has 0 bridgehead atoms. The molecule has 3 rings (SSSR count). The van der Waals surface area contributed by atoms with Crippen LogP contribution in [0.25, 0.3) is 0 Å². The lowest BCUT2D eigenvalue weighted by molar-refractivity contribution is -0.146. The van der Waals surface area contributed by atoms with E-state index in [0.29, 0.717) is 13.1 Å². The van der Waals surface area contributed by atoms with Crippen molar-refractivity contribution in [3.05, 3.63) is 29.8 Å². The van der Waals surface area contributed by atoms with Crippen LogP contribution in [0.1, 0.15) is 31.2 Å². The van der Waals surface area contributed by atoms with E-state index in [2.05, 4.69) is 10.2 Å². The molecule has 0 aliphatic carbocycles. The monoisotopic (exact) mass is 359 g/mol. The van der Waals surface area contributed by atoms with Crippen LogP contribution in [0.5, 0.6) is 5.75 Å². The summed E-state index contributed by atoms with van der Waals surface area (Å²) in [4.78, 5) is 29.1. The predicted octanol–water partition coefficient (Wildman–Crippen LogP) is 1.44. The van der Waals surface area contributed by atoms with Gasteiger partial charge in [0.15, 0.2) is 0 Å². The summed E-state index contributed by atoms with van der Waals surface area (Å²) in [6, 6.07) is 7.85. The number of rotatable bonds is 6. The maximum atomic E-state index is 12.7. The molecule has 1 unspecified atom stereocenters. The van der Waals surface area contributed by atoms with Crippen LogP contribution in [0.4, 0.5) is 0 Å². The zero-order chi connectivity index (χ0) is 18.6. The summed E-state index contributed by atoms with van der Waals surface area (Å²) in [5, 5.41) is 3.00. The Labute approximate surface area is 155 Å². The number of nitrogens with one attached hydrogen (secondary N) is 1. The molecule has 0 radical (unpaired) electrons. The molecule has 2 aliphatic rings. The van der Waals surface area contributed by atoms with Crippen molar-refractivity contribution >= 4 is 11.8 Å². The van der Waals surface area contributed by atoms with Crippen molar-refractivity contribution in [3.8, 4) is 5.75 Å². The number of hydrogen-bond acceptors (Lipinski definition) is 4. The summed E-state index contributed by atoms with van der Waals surface area (Å²) in [6.45, 7) is 2.50. The summed E-state index contributed by atoms with van der Waals surface area (Å²) in [6.07, 6.45) is 4.44. The fraction of sp³-hybridized carbons (Fsp3) is 0.600. The van der Waals surface area contributed by atoms with E-state index in [1.54, 1.807) is 7.11 Å². The summed E-state index contributed by atoms with van der Waals surface area (Å²) >= 11 is 0. The van der Waals surface area contributed by atoms with E-state index < -0.39 is 5.54 Å². The van der Waals surface area contributed by atoms with Crippen molar-refractivity contribution in [2.75, 3.05) is 40.3 Å². The molecular formula is C20H29N3O3. The highest BCUT2D eigenvalue weighted by atomic mass is 16.5. The number of likely N-dealkylation sites (N-methyl/N-ethyl adjacent to an activating group) is 1. The fourth-order valence-electron chi connectivity index (χ4n) is 4.34. The number of amides is 2. The average molecular weight is 359 g/mol. The first kappa shape index (κ1) is 18.7. The molecule has 1 atom stereocenters. The maximum Gasteiger partial charge on any atom is 0.242 e. The fourth-order valence-corrected chi connectivity index (χ4v) is 4.34. The van der Waals surface area contributed by atoms with Crippen molar-refractivity contribution in [2.24, 2.45) is 0 Å². The van der Waals surface area contributed by atoms with Crippen molar-refractivity contribution in [3.63, 3.8) is 0 Å². The predicted molar refractivity (Wildman–Crippen MR) is 100 cm³/mol. The van der Waals surface area contributed by atoms with Gasteiger partial charge in [-0.1, -0.05) is 18.2 Å². The molecule has 0 aromatic heterocycles. The molecule has 1 N–H and O–H groups in total. The van der Waals surface area contributed by atoms with E-state index in [4.69, 9.17) is 4.74 Å². The second kappa shape index (κ2) is 8.08. The molecule has 1 aromatic rings. The summed E-state index contributed by atoms with van der Waals surface area (Å²) in [7, 11) is 3.52. The molecule has 1 aromatic carbocycles. The van der Waals surface area contributed by atoms with Gasteiger partial charge in [0, 0.05) is 20.1 Å². The number of ether oxygens (including phenoxy) is 1. The first-order valence-corrected chi connectivity index (χ1v) is 9.46. The number of carbonyl (C=O) groups excluding carboxylic acids is 2. The highest BCUT2D eigenvalue weighted by molar-refractivity contribution is 5.88. The first-order valence-electron chi connectivity index (χ1n) is 9.46. The summed E-state index contributed by atoms with van der Waals surface area (Å²) in [5.41, 5.74) is 0.629. The third-order valence-electron chi connectivity index (χ3n) is 5.70. The van der Waals surface area contributed by atoms with E-state index in [9.17, 15) is 9.59 Å². The van der Waals surface area contributed by atoms with E-state index in [-0.39, 0.29) is 11.8 Å². The van der Waals surface area contributed by atoms with Crippen molar-refractivity contribution in [2.45, 2.75) is 37.6 Å². The third kappa shape index (κ3) is 3.70. The van der Waals surface area contributed by atoms with E-state index in [0.717, 1.165) is 56.5 Å². The number of benzene rings is 1. The minimum Gasteiger partial charge on any atom is -0.496 e. The minimum absolute atomic E-state index is 0.0119. The van der Waals surface area contributed by atoms with Gasteiger partial charge in [-0.05, 0) is 50.3 Å². The Bertz CT molecular complexity index is 663. The van der Waals surface area contributed by atoms with Crippen LogP contribution in [0.15, 0.2) is 24.3 Å². The van der Waals surface area contributed by atoms with E-state index in [1.165, 1.54) is 0 Å². The number of piperidine rings is 1. The van der Waals surface area contributed by atoms with Gasteiger partial charge in [-0.15, -0.1) is 0 Å². The second-order valence-electron chi connectivity index (χ2n) is 7.30. The largest absolute Gasteiger partial charge is 0.496 e. The van der Waals surface area contributed by atoms with Crippen molar-refractivity contribution in [1.29, 1.82) is 0 Å². The molecule has 1 spiro atoms. The minimum atomic E-state index is -0.451. The van der Waals surface area contributed by atoms with Gasteiger partial charge in [0.1, 0.15) is 11.3 Å². The van der Waals surface area contributed by atoms with Crippen molar-refractivity contribution in [1.82, 2.24) is 15.1 Å². The number of hydrogen-bond donors (Lipinski definition) is 1. The van der Waals surface area contributed by atoms with Crippen LogP contribution in [0.2, 0.25) is 0 Å². The van der Waals surface area contributed by atoms with Crippen LogP contribution < -0.4 is 10.1 Å². The van der Waals surface area contributed by atoms with Crippen LogP contribution in [0.3, 0.4) is 0 Å². The number of likely N-dealkylation sites (tertiary alicyclic amines) is 2. The SMILES string of the molecule is COc1ccccc1CCNC(=O)CN1CCCC12CCCN(C)C2=O. The lowest BCUT2D eigenvalue weighted by atomic mass is 9.85. The first-order chi connectivity index (χ1) is 12.6. The maximum absolute atomic E-state index is 12.7. The van der Waals surface area contributed by atoms with Crippen LogP contribution in [-0.4, -0.2) is 67.5 Å². The van der Waals surface area contributed by atoms with Gasteiger partial charge in [-0.3, -0.25) is 14.5 Å². The van der Waals surface area contributed by atoms with Gasteiger partial charge < -0.3 is 15.0 Å². The smallest absolute Gasteiger partial charge is 0.242 e. The van der Waals surface area contributed by atoms with E-state index >= 15 is 0 Å². The van der Waals surface area contributed by atoms with Gasteiger partial charge in [-0.2, -0.15) is 0 Å². The standard InChI is InChI=1S/C20H29N3O3/c1-22-13-5-10-20(19(22)25)11-6-14-23(20)15-18(24)21-12-9-16-7-3-4-8-17(16)26-2/h3-4,7-8H,5-6,9-15H2,1-2H3,(H,21,24). The van der Waals surface area contributed by atoms with Gasteiger partial charge in [0.25, 0.3) is 0 Å². The molecule has 0 saturated carbocycles. The molecule has 2 saturated heterocycles. The van der Waals surface area contributed by atoms with Gasteiger partial charge in [-0.25, -0.2) is 0 Å². The molecule has 6 nitrogen and oxygen atoms in total. The molecule has 2 amide bonds. The summed E-state index contributed by atoms with van der Waals surface area (Å²) in [5.74, 6) is 1.02. The quantitative estimate of drug-likeness (QED) is 0.835. The lowest BCUT2D eigenvalue weighted by Crippen LogP contribution is -2.60. The number of nitrogens with zero attached hydrogens (tertiary/aromatic N) is 2. The van der Waals surface area contributed by atoms with Gasteiger partial charge in [0.2, 0.25) is 11.8 Å². The molecule has 2 heterocycles. The molecule has 142 valence electrons. The third-order valence-corrected chi connectivity index (χ3v) is 5.70. The molecule has 2 aliphatic heterocycles. The number of carbonyl (C=O) groups is 2. The molecular weight excluding hydrogens is 330 g/mol. The Kier molecular flexibility index (Phi) is 5.81. The highest BCUT2D eigenvalue weighted by Gasteiger charge is 2.50. The van der Waals surface area contributed by atoms with Crippen LogP contribution in [0, 0.1) is 0 Å². The van der Waals surface area contributed by atoms with Crippen LogP contribution in [-0.2, 0) is 16.0 Å². The Morgan fingerprint density at radius 3 is 2.73 bits per heavy atom. The van der Waals surface area contributed by atoms with Gasteiger partial charge >= 0.3 is 0 Å². The van der Waals surface area contributed by atoms with Crippen molar-refractivity contribution < 1.29 is 14.3 Å². The Morgan fingerprint density at radius 1 is 1.23 bits per heavy atom. The normalized spacial score (nSPS) is 23.5. The Hall–Kier alpha value is -2.08. The van der Waals surface area contributed by atoms with Gasteiger partial charge in [0.05, 0.1) is 13.7 Å². The lowest BCUT2D eigenvalue weighted by Gasteiger charge is -2.43. The Balaban J connectivity index is 1.54. The summed E-state index contributed by atoms with van der Waals surface area (Å²) < 4.78 is 5.34. The zero-order valence-corrected chi connectivity index (χ0v) is 15.8. The van der Waals surface area contributed by atoms with Crippen LogP contribution >= 0.6 is 0 Å². The molecule has 2 fully saturated rings. The Morgan fingerprint density at radius 2 is 1.96 bits per heavy atom. The highest BCUT2D eigenvalue weighted by Crippen LogP contribution is 2.37. The molecule has 26 heavy (non-hydrogen) atoms. The topological polar surface area (TPSA) is 61.9 Å².